The molecule has 0 saturated carbocycles. The van der Waals surface area contributed by atoms with Gasteiger partial charge in [-0.15, -0.1) is 11.6 Å². The Morgan fingerprint density at radius 1 is 1.42 bits per heavy atom. The Hall–Kier alpha value is -1.92. The molecule has 3 nitrogen and oxygen atoms in total. The van der Waals surface area contributed by atoms with Gasteiger partial charge in [-0.25, -0.2) is 0 Å². The predicted molar refractivity (Wildman–Crippen MR) is 76.4 cm³/mol. The molecular formula is C15H15ClN2O. The monoisotopic (exact) mass is 274 g/mol. The van der Waals surface area contributed by atoms with Gasteiger partial charge in [0.25, 0.3) is 0 Å². The highest BCUT2D eigenvalue weighted by Gasteiger charge is 1.98. The van der Waals surface area contributed by atoms with E-state index in [0.29, 0.717) is 12.5 Å². The summed E-state index contributed by atoms with van der Waals surface area (Å²) in [5.74, 6) is 6.96. The zero-order valence-corrected chi connectivity index (χ0v) is 11.5. The number of nitrogens with zero attached hydrogens (tertiary/aromatic N) is 2. The number of rotatable bonds is 4. The lowest BCUT2D eigenvalue weighted by atomic mass is 10.2. The summed E-state index contributed by atoms with van der Waals surface area (Å²) in [5, 5.41) is 4.12. The molecule has 0 N–H and O–H groups in total. The van der Waals surface area contributed by atoms with Crippen molar-refractivity contribution in [3.63, 3.8) is 0 Å². The number of hydrogen-bond donors (Lipinski definition) is 0. The minimum atomic E-state index is 0.339. The van der Waals surface area contributed by atoms with Crippen LogP contribution in [-0.2, 0) is 13.5 Å². The van der Waals surface area contributed by atoms with E-state index in [-0.39, 0.29) is 0 Å². The minimum absolute atomic E-state index is 0.339. The number of benzene rings is 1. The summed E-state index contributed by atoms with van der Waals surface area (Å²) in [5.41, 5.74) is 2.08. The van der Waals surface area contributed by atoms with Crippen LogP contribution in [0.1, 0.15) is 11.1 Å². The molecule has 1 aromatic heterocycles. The van der Waals surface area contributed by atoms with Gasteiger partial charge in [-0.05, 0) is 23.8 Å². The van der Waals surface area contributed by atoms with Gasteiger partial charge in [0.2, 0.25) is 0 Å². The molecule has 0 fully saturated rings. The topological polar surface area (TPSA) is 27.1 Å². The van der Waals surface area contributed by atoms with E-state index in [1.807, 2.05) is 43.7 Å². The third kappa shape index (κ3) is 4.35. The molecule has 1 heterocycles. The van der Waals surface area contributed by atoms with Crippen LogP contribution in [-0.4, -0.2) is 22.3 Å². The standard InChI is InChI=1S/C15H15ClN2O/c1-18-12-14(11-17-18)7-9-19-15-6-2-4-13(10-15)5-3-8-16/h2,4,6,10-12H,7-9H2,1H3. The fourth-order valence-corrected chi connectivity index (χ4v) is 1.75. The first-order valence-electron chi connectivity index (χ1n) is 6.03. The van der Waals surface area contributed by atoms with Gasteiger partial charge in [0.15, 0.2) is 0 Å². The van der Waals surface area contributed by atoms with Crippen LogP contribution in [0.3, 0.4) is 0 Å². The van der Waals surface area contributed by atoms with Crippen molar-refractivity contribution in [1.29, 1.82) is 0 Å². The van der Waals surface area contributed by atoms with Gasteiger partial charge in [-0.2, -0.15) is 5.10 Å². The summed E-state index contributed by atoms with van der Waals surface area (Å²) >= 11 is 5.53. The first-order valence-corrected chi connectivity index (χ1v) is 6.56. The quantitative estimate of drug-likeness (QED) is 0.633. The molecule has 19 heavy (non-hydrogen) atoms. The number of alkyl halides is 1. The van der Waals surface area contributed by atoms with Crippen molar-refractivity contribution in [2.75, 3.05) is 12.5 Å². The average Bonchev–Trinajstić information content (AvgIpc) is 2.83. The third-order valence-corrected chi connectivity index (χ3v) is 2.69. The molecule has 0 saturated heterocycles. The average molecular weight is 275 g/mol. The van der Waals surface area contributed by atoms with E-state index in [1.54, 1.807) is 4.68 Å². The maximum atomic E-state index is 5.70. The molecule has 98 valence electrons. The predicted octanol–water partition coefficient (Wildman–Crippen LogP) is 2.63. The van der Waals surface area contributed by atoms with E-state index in [9.17, 15) is 0 Å². The third-order valence-electron chi connectivity index (χ3n) is 2.55. The van der Waals surface area contributed by atoms with Crippen molar-refractivity contribution in [2.24, 2.45) is 7.05 Å². The summed E-state index contributed by atoms with van der Waals surface area (Å²) in [6.07, 6.45) is 4.68. The number of aryl methyl sites for hydroxylation is 1. The Balaban J connectivity index is 1.89. The first kappa shape index (κ1) is 13.5. The molecule has 0 aliphatic carbocycles. The number of hydrogen-bond acceptors (Lipinski definition) is 2. The summed E-state index contributed by atoms with van der Waals surface area (Å²) in [6.45, 7) is 0.623. The lowest BCUT2D eigenvalue weighted by Crippen LogP contribution is -2.00. The zero-order valence-electron chi connectivity index (χ0n) is 10.8. The van der Waals surface area contributed by atoms with E-state index >= 15 is 0 Å². The number of halogens is 1. The molecule has 0 amide bonds. The van der Waals surface area contributed by atoms with Crippen LogP contribution in [0.5, 0.6) is 5.75 Å². The summed E-state index contributed by atoms with van der Waals surface area (Å²) in [7, 11) is 1.91. The lowest BCUT2D eigenvalue weighted by Gasteiger charge is -2.05. The fraction of sp³-hybridized carbons (Fsp3) is 0.267. The van der Waals surface area contributed by atoms with Crippen molar-refractivity contribution in [3.05, 3.63) is 47.8 Å². The molecule has 2 aromatic rings. The SMILES string of the molecule is Cn1cc(CCOc2cccc(C#CCCl)c2)cn1. The fourth-order valence-electron chi connectivity index (χ4n) is 1.69. The van der Waals surface area contributed by atoms with Crippen molar-refractivity contribution in [2.45, 2.75) is 6.42 Å². The smallest absolute Gasteiger partial charge is 0.120 e. The van der Waals surface area contributed by atoms with Crippen molar-refractivity contribution in [1.82, 2.24) is 9.78 Å². The Bertz CT molecular complexity index is 595. The van der Waals surface area contributed by atoms with Gasteiger partial charge >= 0.3 is 0 Å². The van der Waals surface area contributed by atoms with Gasteiger partial charge in [-0.3, -0.25) is 4.68 Å². The van der Waals surface area contributed by atoms with Gasteiger partial charge < -0.3 is 4.74 Å². The molecular weight excluding hydrogens is 260 g/mol. The molecule has 0 radical (unpaired) electrons. The van der Waals surface area contributed by atoms with Crippen LogP contribution in [0.4, 0.5) is 0 Å². The number of ether oxygens (including phenoxy) is 1. The molecule has 0 aliphatic heterocycles. The highest BCUT2D eigenvalue weighted by molar-refractivity contribution is 6.19. The van der Waals surface area contributed by atoms with Crippen LogP contribution < -0.4 is 4.74 Å². The maximum absolute atomic E-state index is 5.70. The van der Waals surface area contributed by atoms with E-state index in [1.165, 1.54) is 5.56 Å². The van der Waals surface area contributed by atoms with E-state index < -0.39 is 0 Å². The molecule has 2 rings (SSSR count). The number of aromatic nitrogens is 2. The summed E-state index contributed by atoms with van der Waals surface area (Å²) < 4.78 is 7.49. The van der Waals surface area contributed by atoms with Crippen LogP contribution >= 0.6 is 11.6 Å². The van der Waals surface area contributed by atoms with E-state index in [4.69, 9.17) is 16.3 Å². The summed E-state index contributed by atoms with van der Waals surface area (Å²) in [6, 6.07) is 7.71. The molecule has 1 aromatic carbocycles. The molecule has 4 heteroatoms. The van der Waals surface area contributed by atoms with Crippen molar-refractivity contribution >= 4 is 11.6 Å². The second-order valence-electron chi connectivity index (χ2n) is 4.08. The highest BCUT2D eigenvalue weighted by atomic mass is 35.5. The van der Waals surface area contributed by atoms with Crippen LogP contribution in [0.15, 0.2) is 36.7 Å². The van der Waals surface area contributed by atoms with Gasteiger partial charge in [0.05, 0.1) is 18.7 Å². The van der Waals surface area contributed by atoms with Crippen LogP contribution in [0.25, 0.3) is 0 Å². The summed E-state index contributed by atoms with van der Waals surface area (Å²) in [4.78, 5) is 0. The van der Waals surface area contributed by atoms with Crippen molar-refractivity contribution in [3.8, 4) is 17.6 Å². The van der Waals surface area contributed by atoms with Crippen LogP contribution in [0, 0.1) is 11.8 Å². The molecule has 0 unspecified atom stereocenters. The molecule has 0 spiro atoms. The highest BCUT2D eigenvalue weighted by Crippen LogP contribution is 2.13. The van der Waals surface area contributed by atoms with Gasteiger partial charge in [0, 0.05) is 25.2 Å². The molecule has 0 atom stereocenters. The molecule has 0 aliphatic rings. The largest absolute Gasteiger partial charge is 0.493 e. The van der Waals surface area contributed by atoms with Gasteiger partial charge in [-0.1, -0.05) is 17.9 Å². The maximum Gasteiger partial charge on any atom is 0.120 e. The Morgan fingerprint density at radius 2 is 2.32 bits per heavy atom. The second-order valence-corrected chi connectivity index (χ2v) is 4.35. The lowest BCUT2D eigenvalue weighted by molar-refractivity contribution is 0.322. The Labute approximate surface area is 118 Å². The minimum Gasteiger partial charge on any atom is -0.493 e. The van der Waals surface area contributed by atoms with Crippen molar-refractivity contribution < 1.29 is 4.74 Å². The molecule has 0 bridgehead atoms. The van der Waals surface area contributed by atoms with Crippen LogP contribution in [0.2, 0.25) is 0 Å². The first-order chi connectivity index (χ1) is 9.28. The Kier molecular flexibility index (Phi) is 4.88. The zero-order chi connectivity index (χ0) is 13.5. The Morgan fingerprint density at radius 3 is 3.05 bits per heavy atom. The van der Waals surface area contributed by atoms with E-state index in [2.05, 4.69) is 16.9 Å². The van der Waals surface area contributed by atoms with E-state index in [0.717, 1.165) is 17.7 Å². The second kappa shape index (κ2) is 6.86. The van der Waals surface area contributed by atoms with Gasteiger partial charge in [0.1, 0.15) is 5.75 Å². The normalized spacial score (nSPS) is 9.79.